The Labute approximate surface area is 113 Å². The minimum Gasteiger partial charge on any atom is -0.493 e. The highest BCUT2D eigenvalue weighted by molar-refractivity contribution is 5.39. The molecule has 1 unspecified atom stereocenters. The van der Waals surface area contributed by atoms with E-state index in [-0.39, 0.29) is 12.4 Å². The van der Waals surface area contributed by atoms with E-state index in [4.69, 9.17) is 14.2 Å². The Hall–Kier alpha value is -1.10. The number of hydrogen-bond donors (Lipinski definition) is 1. The summed E-state index contributed by atoms with van der Waals surface area (Å²) in [6, 6.07) is 6.31. The third-order valence-electron chi connectivity index (χ3n) is 3.68. The van der Waals surface area contributed by atoms with Crippen LogP contribution in [0.25, 0.3) is 0 Å². The lowest BCUT2D eigenvalue weighted by Crippen LogP contribution is -2.19. The number of aliphatic hydroxyl groups excluding tert-OH is 1. The Balaban J connectivity index is 1.48. The van der Waals surface area contributed by atoms with E-state index >= 15 is 0 Å². The molecule has 1 atom stereocenters. The molecule has 0 amide bonds. The number of aliphatic hydroxyl groups is 1. The Kier molecular flexibility index (Phi) is 4.01. The summed E-state index contributed by atoms with van der Waals surface area (Å²) >= 11 is 0. The summed E-state index contributed by atoms with van der Waals surface area (Å²) < 4.78 is 16.2. The topological polar surface area (TPSA) is 47.9 Å². The summed E-state index contributed by atoms with van der Waals surface area (Å²) in [4.78, 5) is 0. The molecule has 0 bridgehead atoms. The fourth-order valence-electron chi connectivity index (χ4n) is 2.61. The molecule has 0 aliphatic carbocycles. The van der Waals surface area contributed by atoms with E-state index < -0.39 is 0 Å². The zero-order valence-electron chi connectivity index (χ0n) is 11.0. The van der Waals surface area contributed by atoms with Gasteiger partial charge < -0.3 is 19.3 Å². The molecule has 1 aromatic carbocycles. The van der Waals surface area contributed by atoms with Gasteiger partial charge in [0.25, 0.3) is 0 Å². The molecule has 104 valence electrons. The second-order valence-corrected chi connectivity index (χ2v) is 5.14. The predicted octanol–water partition coefficient (Wildman–Crippen LogP) is 1.68. The predicted molar refractivity (Wildman–Crippen MR) is 70.3 cm³/mol. The highest BCUT2D eigenvalue weighted by Gasteiger charge is 2.20. The molecule has 0 spiro atoms. The van der Waals surface area contributed by atoms with Gasteiger partial charge in [-0.3, -0.25) is 0 Å². The van der Waals surface area contributed by atoms with Gasteiger partial charge in [-0.2, -0.15) is 0 Å². The quantitative estimate of drug-likeness (QED) is 0.879. The van der Waals surface area contributed by atoms with Crippen LogP contribution in [-0.2, 0) is 22.3 Å². The van der Waals surface area contributed by atoms with Gasteiger partial charge in [-0.25, -0.2) is 0 Å². The Morgan fingerprint density at radius 2 is 2.05 bits per heavy atom. The molecule has 1 N–H and O–H groups in total. The molecule has 0 saturated carbocycles. The van der Waals surface area contributed by atoms with Gasteiger partial charge in [-0.05, 0) is 30.0 Å². The maximum atomic E-state index is 9.98. The van der Waals surface area contributed by atoms with Gasteiger partial charge in [0.1, 0.15) is 5.75 Å². The SMILES string of the molecule is OC(CCc1ccc2c(c1)CCO2)CC1OCCO1. The molecule has 4 nitrogen and oxygen atoms in total. The van der Waals surface area contributed by atoms with E-state index in [2.05, 4.69) is 12.1 Å². The first kappa shape index (κ1) is 12.9. The van der Waals surface area contributed by atoms with Gasteiger partial charge in [-0.1, -0.05) is 12.1 Å². The fraction of sp³-hybridized carbons (Fsp3) is 0.600. The summed E-state index contributed by atoms with van der Waals surface area (Å²) in [5.41, 5.74) is 2.55. The smallest absolute Gasteiger partial charge is 0.160 e. The molecule has 3 rings (SSSR count). The number of hydrogen-bond acceptors (Lipinski definition) is 4. The van der Waals surface area contributed by atoms with Crippen molar-refractivity contribution < 1.29 is 19.3 Å². The first-order chi connectivity index (χ1) is 9.31. The van der Waals surface area contributed by atoms with Crippen molar-refractivity contribution in [3.63, 3.8) is 0 Å². The molecule has 0 aromatic heterocycles. The molecule has 19 heavy (non-hydrogen) atoms. The Morgan fingerprint density at radius 3 is 2.89 bits per heavy atom. The molecule has 0 radical (unpaired) electrons. The zero-order chi connectivity index (χ0) is 13.1. The molecule has 2 aliphatic rings. The van der Waals surface area contributed by atoms with Crippen LogP contribution in [-0.4, -0.2) is 37.3 Å². The van der Waals surface area contributed by atoms with Crippen LogP contribution in [0.2, 0.25) is 0 Å². The standard InChI is InChI=1S/C15H20O4/c16-13(10-15-18-7-8-19-15)3-1-11-2-4-14-12(9-11)5-6-17-14/h2,4,9,13,15-16H,1,3,5-8,10H2. The van der Waals surface area contributed by atoms with Gasteiger partial charge in [0, 0.05) is 12.8 Å². The molecule has 1 fully saturated rings. The minimum absolute atomic E-state index is 0.219. The average Bonchev–Trinajstić information content (AvgIpc) is 3.06. The van der Waals surface area contributed by atoms with Gasteiger partial charge in [-0.15, -0.1) is 0 Å². The van der Waals surface area contributed by atoms with Crippen LogP contribution in [0.1, 0.15) is 24.0 Å². The lowest BCUT2D eigenvalue weighted by atomic mass is 10.0. The number of aryl methyl sites for hydroxylation is 1. The normalized spacial score (nSPS) is 20.3. The van der Waals surface area contributed by atoms with Crippen LogP contribution in [0.4, 0.5) is 0 Å². The van der Waals surface area contributed by atoms with Crippen molar-refractivity contribution in [1.82, 2.24) is 0 Å². The van der Waals surface area contributed by atoms with Gasteiger partial charge in [0.05, 0.1) is 25.9 Å². The van der Waals surface area contributed by atoms with Crippen molar-refractivity contribution >= 4 is 0 Å². The van der Waals surface area contributed by atoms with Gasteiger partial charge >= 0.3 is 0 Å². The molecular weight excluding hydrogens is 244 g/mol. The van der Waals surface area contributed by atoms with Crippen LogP contribution >= 0.6 is 0 Å². The molecule has 1 saturated heterocycles. The van der Waals surface area contributed by atoms with E-state index in [0.29, 0.717) is 19.6 Å². The molecule has 1 aromatic rings. The first-order valence-electron chi connectivity index (χ1n) is 6.97. The molecule has 4 heteroatoms. The second-order valence-electron chi connectivity index (χ2n) is 5.14. The summed E-state index contributed by atoms with van der Waals surface area (Å²) in [6.45, 7) is 2.07. The monoisotopic (exact) mass is 264 g/mol. The van der Waals surface area contributed by atoms with Crippen LogP contribution in [0.3, 0.4) is 0 Å². The van der Waals surface area contributed by atoms with E-state index in [0.717, 1.165) is 31.6 Å². The number of fused-ring (bicyclic) bond motifs is 1. The zero-order valence-corrected chi connectivity index (χ0v) is 11.0. The van der Waals surface area contributed by atoms with Crippen molar-refractivity contribution in [1.29, 1.82) is 0 Å². The minimum atomic E-state index is -0.368. The van der Waals surface area contributed by atoms with Gasteiger partial charge in [0.15, 0.2) is 6.29 Å². The number of ether oxygens (including phenoxy) is 3. The summed E-state index contributed by atoms with van der Waals surface area (Å²) in [5, 5.41) is 9.98. The summed E-state index contributed by atoms with van der Waals surface area (Å²) in [6.07, 6.45) is 2.59. The highest BCUT2D eigenvalue weighted by Crippen LogP contribution is 2.26. The summed E-state index contributed by atoms with van der Waals surface area (Å²) in [5.74, 6) is 1.01. The maximum absolute atomic E-state index is 9.98. The number of benzene rings is 1. The van der Waals surface area contributed by atoms with Crippen molar-refractivity contribution in [2.24, 2.45) is 0 Å². The van der Waals surface area contributed by atoms with Crippen LogP contribution < -0.4 is 4.74 Å². The van der Waals surface area contributed by atoms with Crippen molar-refractivity contribution in [3.05, 3.63) is 29.3 Å². The largest absolute Gasteiger partial charge is 0.493 e. The molecule has 2 aliphatic heterocycles. The van der Waals surface area contributed by atoms with Crippen LogP contribution in [0, 0.1) is 0 Å². The summed E-state index contributed by atoms with van der Waals surface area (Å²) in [7, 11) is 0. The third kappa shape index (κ3) is 3.26. The van der Waals surface area contributed by atoms with E-state index in [1.807, 2.05) is 6.07 Å². The van der Waals surface area contributed by atoms with Crippen LogP contribution in [0.5, 0.6) is 5.75 Å². The number of rotatable bonds is 5. The highest BCUT2D eigenvalue weighted by atomic mass is 16.7. The van der Waals surface area contributed by atoms with Crippen molar-refractivity contribution in [3.8, 4) is 5.75 Å². The third-order valence-corrected chi connectivity index (χ3v) is 3.68. The van der Waals surface area contributed by atoms with E-state index in [1.54, 1.807) is 0 Å². The van der Waals surface area contributed by atoms with E-state index in [1.165, 1.54) is 11.1 Å². The Bertz CT molecular complexity index is 426. The van der Waals surface area contributed by atoms with Crippen molar-refractivity contribution in [2.45, 2.75) is 38.1 Å². The molecular formula is C15H20O4. The van der Waals surface area contributed by atoms with E-state index in [9.17, 15) is 5.11 Å². The lowest BCUT2D eigenvalue weighted by molar-refractivity contribution is -0.0709. The van der Waals surface area contributed by atoms with Gasteiger partial charge in [0.2, 0.25) is 0 Å². The Morgan fingerprint density at radius 1 is 1.21 bits per heavy atom. The van der Waals surface area contributed by atoms with Crippen LogP contribution in [0.15, 0.2) is 18.2 Å². The average molecular weight is 264 g/mol. The lowest BCUT2D eigenvalue weighted by Gasteiger charge is -2.14. The first-order valence-corrected chi connectivity index (χ1v) is 6.97. The molecule has 2 heterocycles. The van der Waals surface area contributed by atoms with Crippen molar-refractivity contribution in [2.75, 3.05) is 19.8 Å². The fourth-order valence-corrected chi connectivity index (χ4v) is 2.61. The maximum Gasteiger partial charge on any atom is 0.160 e. The second kappa shape index (κ2) is 5.90.